The summed E-state index contributed by atoms with van der Waals surface area (Å²) in [4.78, 5) is 0. The number of sulfonamides is 1. The molecule has 0 radical (unpaired) electrons. The number of nitrogens with two attached hydrogens (primary N) is 1. The lowest BCUT2D eigenvalue weighted by atomic mass is 10.2. The third kappa shape index (κ3) is 4.77. The molecule has 0 atom stereocenters. The molecule has 0 amide bonds. The third-order valence-corrected chi connectivity index (χ3v) is 5.86. The fraction of sp³-hybridized carbons (Fsp3) is 0.500. The number of sulfone groups is 1. The highest BCUT2D eigenvalue weighted by Gasteiger charge is 2.22. The lowest BCUT2D eigenvalue weighted by Gasteiger charge is -2.22. The van der Waals surface area contributed by atoms with Crippen molar-refractivity contribution in [3.05, 3.63) is 29.8 Å². The highest BCUT2D eigenvalue weighted by molar-refractivity contribution is 7.95. The predicted octanol–water partition coefficient (Wildman–Crippen LogP) is 0.346. The van der Waals surface area contributed by atoms with Crippen LogP contribution in [0.15, 0.2) is 24.3 Å². The van der Waals surface area contributed by atoms with Gasteiger partial charge in [0.25, 0.3) is 0 Å². The van der Waals surface area contributed by atoms with Crippen molar-refractivity contribution in [2.75, 3.05) is 28.6 Å². The van der Waals surface area contributed by atoms with Crippen molar-refractivity contribution in [3.8, 4) is 0 Å². The van der Waals surface area contributed by atoms with Crippen LogP contribution in [0.5, 0.6) is 0 Å². The van der Waals surface area contributed by atoms with Crippen LogP contribution >= 0.6 is 0 Å². The molecule has 0 bridgehead atoms. The highest BCUT2D eigenvalue weighted by Crippen LogP contribution is 2.19. The van der Waals surface area contributed by atoms with Crippen molar-refractivity contribution in [1.29, 1.82) is 0 Å². The average molecular weight is 320 g/mol. The number of hydrogen-bond acceptors (Lipinski definition) is 5. The van der Waals surface area contributed by atoms with Gasteiger partial charge in [-0.15, -0.1) is 0 Å². The minimum Gasteiger partial charge on any atom is -0.326 e. The molecule has 6 nitrogen and oxygen atoms in total. The van der Waals surface area contributed by atoms with Gasteiger partial charge < -0.3 is 5.73 Å². The molecule has 20 heavy (non-hydrogen) atoms. The van der Waals surface area contributed by atoms with Gasteiger partial charge in [-0.1, -0.05) is 12.1 Å². The Kier molecular flexibility index (Phi) is 5.55. The minimum atomic E-state index is -3.66. The summed E-state index contributed by atoms with van der Waals surface area (Å²) in [7, 11) is -6.97. The first-order valence-corrected chi connectivity index (χ1v) is 9.83. The molecule has 0 aliphatic carbocycles. The molecule has 0 aromatic heterocycles. The molecule has 0 fully saturated rings. The van der Waals surface area contributed by atoms with Crippen molar-refractivity contribution < 1.29 is 16.8 Å². The maximum absolute atomic E-state index is 12.2. The molecule has 114 valence electrons. The number of nitrogens with zero attached hydrogens (tertiary/aromatic N) is 1. The first-order chi connectivity index (χ1) is 9.19. The van der Waals surface area contributed by atoms with Crippen LogP contribution in [0.3, 0.4) is 0 Å². The van der Waals surface area contributed by atoms with Crippen molar-refractivity contribution >= 4 is 25.5 Å². The Labute approximate surface area is 120 Å². The van der Waals surface area contributed by atoms with Gasteiger partial charge in [0.1, 0.15) is 9.84 Å². The van der Waals surface area contributed by atoms with Crippen LogP contribution in [0.25, 0.3) is 0 Å². The smallest absolute Gasteiger partial charge is 0.236 e. The molecule has 0 aliphatic rings. The van der Waals surface area contributed by atoms with E-state index in [9.17, 15) is 16.8 Å². The lowest BCUT2D eigenvalue weighted by molar-refractivity contribution is 0.587. The summed E-state index contributed by atoms with van der Waals surface area (Å²) >= 11 is 0. The number of rotatable bonds is 7. The first kappa shape index (κ1) is 16.9. The second kappa shape index (κ2) is 6.55. The van der Waals surface area contributed by atoms with Gasteiger partial charge in [0.05, 0.1) is 17.2 Å². The molecule has 0 heterocycles. The van der Waals surface area contributed by atoms with E-state index in [0.717, 1.165) is 11.8 Å². The Morgan fingerprint density at radius 1 is 1.05 bits per heavy atom. The van der Waals surface area contributed by atoms with E-state index in [0.29, 0.717) is 12.2 Å². The van der Waals surface area contributed by atoms with Crippen LogP contribution in [0.4, 0.5) is 5.69 Å². The van der Waals surface area contributed by atoms with Crippen molar-refractivity contribution in [1.82, 2.24) is 0 Å². The molecule has 0 saturated carbocycles. The molecule has 0 unspecified atom stereocenters. The topological polar surface area (TPSA) is 97.5 Å². The summed E-state index contributed by atoms with van der Waals surface area (Å²) in [6.45, 7) is 2.33. The zero-order chi connectivity index (χ0) is 15.4. The monoisotopic (exact) mass is 320 g/mol. The van der Waals surface area contributed by atoms with Crippen LogP contribution in [-0.4, -0.2) is 41.1 Å². The fourth-order valence-electron chi connectivity index (χ4n) is 1.71. The van der Waals surface area contributed by atoms with Crippen LogP contribution in [-0.2, 0) is 26.4 Å². The van der Waals surface area contributed by atoms with Gasteiger partial charge in [-0.2, -0.15) is 0 Å². The van der Waals surface area contributed by atoms with Crippen molar-refractivity contribution in [3.63, 3.8) is 0 Å². The van der Waals surface area contributed by atoms with Gasteiger partial charge in [-0.05, 0) is 24.6 Å². The largest absolute Gasteiger partial charge is 0.326 e. The van der Waals surface area contributed by atoms with Gasteiger partial charge in [0.2, 0.25) is 10.0 Å². The fourth-order valence-corrected chi connectivity index (χ4v) is 4.82. The van der Waals surface area contributed by atoms with Crippen LogP contribution < -0.4 is 10.0 Å². The summed E-state index contributed by atoms with van der Waals surface area (Å²) in [5.74, 6) is -0.801. The molecule has 1 aromatic rings. The molecule has 0 saturated heterocycles. The number of anilines is 1. The van der Waals surface area contributed by atoms with E-state index in [2.05, 4.69) is 0 Å². The van der Waals surface area contributed by atoms with Crippen LogP contribution in [0.1, 0.15) is 12.5 Å². The molecule has 1 aromatic carbocycles. The highest BCUT2D eigenvalue weighted by atomic mass is 32.2. The van der Waals surface area contributed by atoms with Crippen molar-refractivity contribution in [2.45, 2.75) is 13.5 Å². The predicted molar refractivity (Wildman–Crippen MR) is 80.9 cm³/mol. The molecule has 0 aliphatic heterocycles. The quantitative estimate of drug-likeness (QED) is 0.781. The Morgan fingerprint density at radius 2 is 1.60 bits per heavy atom. The Bertz CT molecular complexity index is 637. The summed E-state index contributed by atoms with van der Waals surface area (Å²) < 4.78 is 47.8. The van der Waals surface area contributed by atoms with E-state index in [1.165, 1.54) is 4.31 Å². The molecule has 0 spiro atoms. The van der Waals surface area contributed by atoms with Gasteiger partial charge in [0.15, 0.2) is 0 Å². The normalized spacial score (nSPS) is 12.3. The van der Waals surface area contributed by atoms with E-state index in [4.69, 9.17) is 5.73 Å². The Hall–Kier alpha value is -1.12. The zero-order valence-corrected chi connectivity index (χ0v) is 13.2. The second-order valence-corrected chi connectivity index (χ2v) is 8.75. The third-order valence-electron chi connectivity index (χ3n) is 2.80. The average Bonchev–Trinajstić information content (AvgIpc) is 2.37. The zero-order valence-electron chi connectivity index (χ0n) is 11.6. The molecule has 1 rings (SSSR count). The number of hydrogen-bond donors (Lipinski definition) is 1. The van der Waals surface area contributed by atoms with E-state index in [1.807, 2.05) is 0 Å². The summed E-state index contributed by atoms with van der Waals surface area (Å²) in [5, 5.41) is 0. The van der Waals surface area contributed by atoms with Gasteiger partial charge in [0, 0.05) is 19.3 Å². The van der Waals surface area contributed by atoms with Gasteiger partial charge in [-0.3, -0.25) is 4.31 Å². The molecular formula is C12H20N2O4S2. The van der Waals surface area contributed by atoms with E-state index in [-0.39, 0.29) is 12.3 Å². The summed E-state index contributed by atoms with van der Waals surface area (Å²) in [6.07, 6.45) is 1.02. The summed E-state index contributed by atoms with van der Waals surface area (Å²) in [6, 6.07) is 6.85. The van der Waals surface area contributed by atoms with Gasteiger partial charge >= 0.3 is 0 Å². The van der Waals surface area contributed by atoms with Crippen LogP contribution in [0.2, 0.25) is 0 Å². The lowest BCUT2D eigenvalue weighted by Crippen LogP contribution is -2.35. The molecule has 2 N–H and O–H groups in total. The first-order valence-electron chi connectivity index (χ1n) is 6.16. The summed E-state index contributed by atoms with van der Waals surface area (Å²) in [5.41, 5.74) is 6.90. The maximum atomic E-state index is 12.2. The van der Waals surface area contributed by atoms with E-state index in [1.54, 1.807) is 31.2 Å². The van der Waals surface area contributed by atoms with Crippen LogP contribution in [0, 0.1) is 0 Å². The van der Waals surface area contributed by atoms with Crippen molar-refractivity contribution in [2.24, 2.45) is 5.73 Å². The molecular weight excluding hydrogens is 300 g/mol. The van der Waals surface area contributed by atoms with E-state index < -0.39 is 25.6 Å². The number of benzene rings is 1. The van der Waals surface area contributed by atoms with Gasteiger partial charge in [-0.25, -0.2) is 16.8 Å². The maximum Gasteiger partial charge on any atom is 0.236 e. The second-order valence-electron chi connectivity index (χ2n) is 4.48. The SMILES string of the molecule is CCN(c1ccc(CN)cc1)S(=O)(=O)CCS(C)(=O)=O. The molecule has 8 heteroatoms. The van der Waals surface area contributed by atoms with E-state index >= 15 is 0 Å². The standard InChI is InChI=1S/C12H20N2O4S2/c1-3-14(12-6-4-11(10-13)5-7-12)20(17,18)9-8-19(2,15)16/h4-7H,3,8-10,13H2,1-2H3. The Morgan fingerprint density at radius 3 is 2.00 bits per heavy atom. The minimum absolute atomic E-state index is 0.244. The Balaban J connectivity index is 2.98.